The molecule has 1 heterocycles. The van der Waals surface area contributed by atoms with Crippen LogP contribution in [0.2, 0.25) is 0 Å². The number of nitrogens with zero attached hydrogens (tertiary/aromatic N) is 1. The van der Waals surface area contributed by atoms with Crippen LogP contribution in [-0.4, -0.2) is 17.4 Å². The molecule has 0 spiro atoms. The molecule has 0 unspecified atom stereocenters. The number of thiocarbonyl (C=S) groups is 1. The van der Waals surface area contributed by atoms with Crippen LogP contribution in [0.4, 0.5) is 0 Å². The van der Waals surface area contributed by atoms with E-state index in [1.54, 1.807) is 11.3 Å². The Hall–Kier alpha value is -0.940. The topological polar surface area (TPSA) is 36.4 Å². The lowest BCUT2D eigenvalue weighted by Crippen LogP contribution is -2.32. The lowest BCUT2D eigenvalue weighted by atomic mass is 10.3. The summed E-state index contributed by atoms with van der Waals surface area (Å²) >= 11 is 6.73. The molecule has 0 aromatic carbocycles. The van der Waals surface area contributed by atoms with Crippen molar-refractivity contribution in [2.45, 2.75) is 20.8 Å². The number of aryl methyl sites for hydroxylation is 1. The summed E-state index contributed by atoms with van der Waals surface area (Å²) in [6.45, 7) is 6.84. The second-order valence-electron chi connectivity index (χ2n) is 3.08. The van der Waals surface area contributed by atoms with Gasteiger partial charge in [0.25, 0.3) is 0 Å². The maximum atomic E-state index is 5.00. The Kier molecular flexibility index (Phi) is 4.71. The van der Waals surface area contributed by atoms with Gasteiger partial charge in [-0.15, -0.1) is 11.3 Å². The second-order valence-corrected chi connectivity index (χ2v) is 4.77. The molecule has 1 rings (SSSR count). The van der Waals surface area contributed by atoms with Gasteiger partial charge in [0.2, 0.25) is 0 Å². The van der Waals surface area contributed by atoms with Gasteiger partial charge in [-0.25, -0.2) is 0 Å². The molecular weight excluding hydrogens is 226 g/mol. The van der Waals surface area contributed by atoms with Gasteiger partial charge in [-0.1, -0.05) is 0 Å². The highest BCUT2D eigenvalue weighted by molar-refractivity contribution is 7.80. The van der Waals surface area contributed by atoms with E-state index in [0.717, 1.165) is 12.3 Å². The van der Waals surface area contributed by atoms with Crippen LogP contribution in [0.15, 0.2) is 17.2 Å². The van der Waals surface area contributed by atoms with E-state index in [2.05, 4.69) is 34.9 Å². The van der Waals surface area contributed by atoms with Crippen molar-refractivity contribution in [3.8, 4) is 0 Å². The standard InChI is InChI=1S/C10H15N3S2/c1-4-11-10(14)13-12-8(3)9-6-5-7(2)15-9/h5-6H,4H2,1-3H3,(H2,11,13,14)/b12-8-. The molecule has 0 aliphatic rings. The molecule has 0 amide bonds. The summed E-state index contributed by atoms with van der Waals surface area (Å²) < 4.78 is 0. The van der Waals surface area contributed by atoms with E-state index in [0.29, 0.717) is 5.11 Å². The summed E-state index contributed by atoms with van der Waals surface area (Å²) in [6.07, 6.45) is 0. The zero-order valence-corrected chi connectivity index (χ0v) is 10.8. The van der Waals surface area contributed by atoms with Gasteiger partial charge in [-0.2, -0.15) is 5.10 Å². The monoisotopic (exact) mass is 241 g/mol. The second kappa shape index (κ2) is 5.82. The van der Waals surface area contributed by atoms with Crippen molar-refractivity contribution in [1.82, 2.24) is 10.7 Å². The van der Waals surface area contributed by atoms with E-state index in [-0.39, 0.29) is 0 Å². The van der Waals surface area contributed by atoms with Crippen molar-refractivity contribution in [1.29, 1.82) is 0 Å². The molecule has 0 radical (unpaired) electrons. The highest BCUT2D eigenvalue weighted by atomic mass is 32.1. The maximum absolute atomic E-state index is 5.00. The van der Waals surface area contributed by atoms with Crippen molar-refractivity contribution in [3.05, 3.63) is 21.9 Å². The van der Waals surface area contributed by atoms with E-state index in [4.69, 9.17) is 12.2 Å². The lowest BCUT2D eigenvalue weighted by molar-refractivity contribution is 0.901. The van der Waals surface area contributed by atoms with E-state index in [1.165, 1.54) is 9.75 Å². The van der Waals surface area contributed by atoms with E-state index in [1.807, 2.05) is 13.8 Å². The first kappa shape index (κ1) is 12.1. The Morgan fingerprint density at radius 3 is 2.80 bits per heavy atom. The third-order valence-corrected chi connectivity index (χ3v) is 3.10. The summed E-state index contributed by atoms with van der Waals surface area (Å²) in [5.41, 5.74) is 3.76. The van der Waals surface area contributed by atoms with Crippen LogP contribution in [0, 0.1) is 6.92 Å². The number of rotatable bonds is 3. The van der Waals surface area contributed by atoms with Crippen molar-refractivity contribution in [2.75, 3.05) is 6.54 Å². The number of hydrazone groups is 1. The molecule has 5 heteroatoms. The fourth-order valence-corrected chi connectivity index (χ4v) is 2.02. The predicted octanol–water partition coefficient (Wildman–Crippen LogP) is 2.26. The quantitative estimate of drug-likeness (QED) is 0.484. The minimum absolute atomic E-state index is 0.560. The molecule has 3 nitrogen and oxygen atoms in total. The van der Waals surface area contributed by atoms with Gasteiger partial charge in [0.05, 0.1) is 10.6 Å². The average Bonchev–Trinajstić information content (AvgIpc) is 2.62. The van der Waals surface area contributed by atoms with Crippen LogP contribution in [0.3, 0.4) is 0 Å². The summed E-state index contributed by atoms with van der Waals surface area (Å²) in [6, 6.07) is 4.15. The van der Waals surface area contributed by atoms with Gasteiger partial charge in [0.1, 0.15) is 0 Å². The number of hydrogen-bond acceptors (Lipinski definition) is 3. The van der Waals surface area contributed by atoms with Gasteiger partial charge in [0.15, 0.2) is 5.11 Å². The summed E-state index contributed by atoms with van der Waals surface area (Å²) in [4.78, 5) is 2.45. The Morgan fingerprint density at radius 2 is 2.27 bits per heavy atom. The van der Waals surface area contributed by atoms with Crippen LogP contribution in [0.1, 0.15) is 23.6 Å². The molecule has 15 heavy (non-hydrogen) atoms. The zero-order valence-electron chi connectivity index (χ0n) is 9.13. The molecule has 0 saturated carbocycles. The molecule has 0 atom stereocenters. The van der Waals surface area contributed by atoms with Crippen molar-refractivity contribution in [3.63, 3.8) is 0 Å². The van der Waals surface area contributed by atoms with Gasteiger partial charge in [0, 0.05) is 11.4 Å². The smallest absolute Gasteiger partial charge is 0.186 e. The Labute approximate surface area is 99.6 Å². The van der Waals surface area contributed by atoms with Crippen molar-refractivity contribution >= 4 is 34.4 Å². The summed E-state index contributed by atoms with van der Waals surface area (Å²) in [5.74, 6) is 0. The molecular formula is C10H15N3S2. The number of nitrogens with one attached hydrogen (secondary N) is 2. The maximum Gasteiger partial charge on any atom is 0.186 e. The molecule has 0 saturated heterocycles. The highest BCUT2D eigenvalue weighted by Crippen LogP contribution is 2.15. The first-order chi connectivity index (χ1) is 7.13. The van der Waals surface area contributed by atoms with E-state index in [9.17, 15) is 0 Å². The average molecular weight is 241 g/mol. The molecule has 82 valence electrons. The van der Waals surface area contributed by atoms with Gasteiger partial charge < -0.3 is 5.32 Å². The number of thiophene rings is 1. The highest BCUT2D eigenvalue weighted by Gasteiger charge is 2.00. The van der Waals surface area contributed by atoms with E-state index >= 15 is 0 Å². The van der Waals surface area contributed by atoms with Crippen molar-refractivity contribution in [2.24, 2.45) is 5.10 Å². The van der Waals surface area contributed by atoms with Crippen LogP contribution in [0.5, 0.6) is 0 Å². The zero-order chi connectivity index (χ0) is 11.3. The largest absolute Gasteiger partial charge is 0.362 e. The van der Waals surface area contributed by atoms with Crippen molar-refractivity contribution < 1.29 is 0 Å². The minimum atomic E-state index is 0.560. The molecule has 0 bridgehead atoms. The van der Waals surface area contributed by atoms with Crippen LogP contribution in [0.25, 0.3) is 0 Å². The fraction of sp³-hybridized carbons (Fsp3) is 0.400. The van der Waals surface area contributed by atoms with Crippen LogP contribution >= 0.6 is 23.6 Å². The molecule has 1 aromatic heterocycles. The van der Waals surface area contributed by atoms with E-state index < -0.39 is 0 Å². The predicted molar refractivity (Wildman–Crippen MR) is 70.7 cm³/mol. The SMILES string of the molecule is CCNC(=S)N/N=C(/C)c1ccc(C)s1. The minimum Gasteiger partial charge on any atom is -0.362 e. The van der Waals surface area contributed by atoms with Gasteiger partial charge in [-0.05, 0) is 45.1 Å². The van der Waals surface area contributed by atoms with Gasteiger partial charge >= 0.3 is 0 Å². The normalized spacial score (nSPS) is 11.3. The van der Waals surface area contributed by atoms with Crippen LogP contribution in [-0.2, 0) is 0 Å². The lowest BCUT2D eigenvalue weighted by Gasteiger charge is -2.04. The molecule has 0 aliphatic heterocycles. The molecule has 0 fully saturated rings. The Balaban J connectivity index is 2.56. The summed E-state index contributed by atoms with van der Waals surface area (Å²) in [5, 5.41) is 7.73. The molecule has 1 aromatic rings. The Morgan fingerprint density at radius 1 is 1.53 bits per heavy atom. The number of hydrogen-bond donors (Lipinski definition) is 2. The molecule has 2 N–H and O–H groups in total. The fourth-order valence-electron chi connectivity index (χ4n) is 1.02. The first-order valence-electron chi connectivity index (χ1n) is 4.78. The van der Waals surface area contributed by atoms with Gasteiger partial charge in [-0.3, -0.25) is 5.43 Å². The third-order valence-electron chi connectivity index (χ3n) is 1.76. The molecule has 0 aliphatic carbocycles. The first-order valence-corrected chi connectivity index (χ1v) is 6.01. The van der Waals surface area contributed by atoms with Crippen LogP contribution < -0.4 is 10.7 Å². The summed E-state index contributed by atoms with van der Waals surface area (Å²) in [7, 11) is 0. The Bertz CT molecular complexity index is 368. The third kappa shape index (κ3) is 3.97.